The lowest BCUT2D eigenvalue weighted by molar-refractivity contribution is -0.130. The Morgan fingerprint density at radius 3 is 2.60 bits per heavy atom. The van der Waals surface area contributed by atoms with Crippen LogP contribution < -0.4 is 4.90 Å². The molecular formula is C18H23N5OS. The number of anilines is 1. The average molecular weight is 357 g/mol. The van der Waals surface area contributed by atoms with E-state index in [9.17, 15) is 4.79 Å². The molecule has 0 N–H and O–H groups in total. The highest BCUT2D eigenvalue weighted by atomic mass is 32.2. The molecule has 0 aromatic carbocycles. The summed E-state index contributed by atoms with van der Waals surface area (Å²) >= 11 is 1.51. The maximum Gasteiger partial charge on any atom is 0.235 e. The molecule has 7 heteroatoms. The molecule has 1 atom stereocenters. The van der Waals surface area contributed by atoms with Crippen LogP contribution in [0.1, 0.15) is 18.3 Å². The molecule has 1 aliphatic heterocycles. The fourth-order valence-electron chi connectivity index (χ4n) is 2.87. The van der Waals surface area contributed by atoms with E-state index in [0.29, 0.717) is 13.1 Å². The number of rotatable bonds is 4. The van der Waals surface area contributed by atoms with Crippen molar-refractivity contribution in [3.8, 4) is 0 Å². The predicted molar refractivity (Wildman–Crippen MR) is 99.9 cm³/mol. The van der Waals surface area contributed by atoms with Gasteiger partial charge in [-0.1, -0.05) is 17.8 Å². The van der Waals surface area contributed by atoms with E-state index in [1.807, 2.05) is 43.9 Å². The third-order valence-electron chi connectivity index (χ3n) is 4.22. The second kappa shape index (κ2) is 7.82. The van der Waals surface area contributed by atoms with Crippen molar-refractivity contribution in [1.82, 2.24) is 19.9 Å². The quantitative estimate of drug-likeness (QED) is 0.783. The summed E-state index contributed by atoms with van der Waals surface area (Å²) in [6, 6.07) is 5.76. The molecule has 1 unspecified atom stereocenters. The monoisotopic (exact) mass is 357 g/mol. The van der Waals surface area contributed by atoms with Crippen molar-refractivity contribution in [2.24, 2.45) is 0 Å². The Labute approximate surface area is 152 Å². The van der Waals surface area contributed by atoms with Gasteiger partial charge in [0.25, 0.3) is 0 Å². The van der Waals surface area contributed by atoms with Crippen LogP contribution in [0.3, 0.4) is 0 Å². The van der Waals surface area contributed by atoms with Gasteiger partial charge in [-0.05, 0) is 32.9 Å². The molecule has 0 radical (unpaired) electrons. The molecule has 6 nitrogen and oxygen atoms in total. The standard InChI is InChI=1S/C18H23N5OS/c1-13-12-20-14(2)17(21-13)22-8-10-23(11-9-22)18(24)15(3)25-16-6-4-5-7-19-16/h4-7,12,15H,8-11H2,1-3H3. The van der Waals surface area contributed by atoms with Crippen LogP contribution in [0.15, 0.2) is 35.6 Å². The number of carbonyl (C=O) groups excluding carboxylic acids is 1. The van der Waals surface area contributed by atoms with Crippen LogP contribution in [-0.2, 0) is 4.79 Å². The van der Waals surface area contributed by atoms with E-state index in [2.05, 4.69) is 19.9 Å². The van der Waals surface area contributed by atoms with Gasteiger partial charge in [-0.3, -0.25) is 9.78 Å². The molecule has 132 valence electrons. The number of pyridine rings is 1. The van der Waals surface area contributed by atoms with Crippen LogP contribution in [-0.4, -0.2) is 57.2 Å². The van der Waals surface area contributed by atoms with Gasteiger partial charge >= 0.3 is 0 Å². The highest BCUT2D eigenvalue weighted by Crippen LogP contribution is 2.23. The zero-order chi connectivity index (χ0) is 17.8. The summed E-state index contributed by atoms with van der Waals surface area (Å²) in [5.74, 6) is 1.10. The minimum atomic E-state index is -0.137. The van der Waals surface area contributed by atoms with Crippen LogP contribution in [0.2, 0.25) is 0 Å². The summed E-state index contributed by atoms with van der Waals surface area (Å²) in [5.41, 5.74) is 1.85. The van der Waals surface area contributed by atoms with Crippen LogP contribution in [0, 0.1) is 13.8 Å². The topological polar surface area (TPSA) is 62.2 Å². The summed E-state index contributed by atoms with van der Waals surface area (Å²) < 4.78 is 0. The zero-order valence-corrected chi connectivity index (χ0v) is 15.7. The Kier molecular flexibility index (Phi) is 5.53. The van der Waals surface area contributed by atoms with Crippen molar-refractivity contribution in [2.45, 2.75) is 31.0 Å². The Morgan fingerprint density at radius 2 is 1.92 bits per heavy atom. The second-order valence-electron chi connectivity index (χ2n) is 6.16. The lowest BCUT2D eigenvalue weighted by atomic mass is 10.2. The van der Waals surface area contributed by atoms with Crippen molar-refractivity contribution in [1.29, 1.82) is 0 Å². The molecule has 2 aromatic rings. The van der Waals surface area contributed by atoms with Gasteiger partial charge < -0.3 is 9.80 Å². The lowest BCUT2D eigenvalue weighted by Gasteiger charge is -2.36. The first-order chi connectivity index (χ1) is 12.0. The number of thioether (sulfide) groups is 1. The van der Waals surface area contributed by atoms with Crippen molar-refractivity contribution >= 4 is 23.5 Å². The second-order valence-corrected chi connectivity index (χ2v) is 7.52. The SMILES string of the molecule is Cc1cnc(C)c(N2CCN(C(=O)C(C)Sc3ccccn3)CC2)n1. The van der Waals surface area contributed by atoms with Crippen LogP contribution in [0.25, 0.3) is 0 Å². The fraction of sp³-hybridized carbons (Fsp3) is 0.444. The van der Waals surface area contributed by atoms with E-state index in [1.54, 1.807) is 12.4 Å². The normalized spacial score (nSPS) is 16.0. The van der Waals surface area contributed by atoms with Gasteiger partial charge in [-0.15, -0.1) is 0 Å². The molecule has 1 fully saturated rings. The number of hydrogen-bond donors (Lipinski definition) is 0. The van der Waals surface area contributed by atoms with Gasteiger partial charge in [0.1, 0.15) is 5.82 Å². The molecule has 0 bridgehead atoms. The average Bonchev–Trinajstić information content (AvgIpc) is 2.64. The first kappa shape index (κ1) is 17.7. The zero-order valence-electron chi connectivity index (χ0n) is 14.8. The highest BCUT2D eigenvalue weighted by Gasteiger charge is 2.26. The minimum absolute atomic E-state index is 0.137. The number of aromatic nitrogens is 3. The number of carbonyl (C=O) groups is 1. The van der Waals surface area contributed by atoms with Crippen molar-refractivity contribution in [2.75, 3.05) is 31.1 Å². The molecule has 3 heterocycles. The van der Waals surface area contributed by atoms with Crippen molar-refractivity contribution in [3.05, 3.63) is 42.0 Å². The molecule has 25 heavy (non-hydrogen) atoms. The Balaban J connectivity index is 1.58. The summed E-state index contributed by atoms with van der Waals surface area (Å²) in [6.07, 6.45) is 3.54. The van der Waals surface area contributed by atoms with E-state index in [-0.39, 0.29) is 11.2 Å². The van der Waals surface area contributed by atoms with Crippen molar-refractivity contribution < 1.29 is 4.79 Å². The van der Waals surface area contributed by atoms with Crippen molar-refractivity contribution in [3.63, 3.8) is 0 Å². The Hall–Kier alpha value is -2.15. The summed E-state index contributed by atoms with van der Waals surface area (Å²) in [6.45, 7) is 8.86. The van der Waals surface area contributed by atoms with Gasteiger partial charge in [-0.25, -0.2) is 9.97 Å². The Morgan fingerprint density at radius 1 is 1.16 bits per heavy atom. The largest absolute Gasteiger partial charge is 0.352 e. The van der Waals surface area contributed by atoms with Crippen LogP contribution in [0.5, 0.6) is 0 Å². The van der Waals surface area contributed by atoms with Crippen LogP contribution in [0.4, 0.5) is 5.82 Å². The molecule has 1 aliphatic rings. The van der Waals surface area contributed by atoms with E-state index >= 15 is 0 Å². The van der Waals surface area contributed by atoms with Gasteiger partial charge in [-0.2, -0.15) is 0 Å². The van der Waals surface area contributed by atoms with E-state index < -0.39 is 0 Å². The third-order valence-corrected chi connectivity index (χ3v) is 5.26. The fourth-order valence-corrected chi connectivity index (χ4v) is 3.76. The smallest absolute Gasteiger partial charge is 0.235 e. The van der Waals surface area contributed by atoms with Gasteiger partial charge in [0.05, 0.1) is 21.7 Å². The number of nitrogens with zero attached hydrogens (tertiary/aromatic N) is 5. The number of piperazine rings is 1. The maximum absolute atomic E-state index is 12.7. The molecular weight excluding hydrogens is 334 g/mol. The lowest BCUT2D eigenvalue weighted by Crippen LogP contribution is -2.51. The van der Waals surface area contributed by atoms with E-state index in [0.717, 1.165) is 35.3 Å². The van der Waals surface area contributed by atoms with Gasteiger partial charge in [0.2, 0.25) is 5.91 Å². The first-order valence-electron chi connectivity index (χ1n) is 8.46. The molecule has 0 saturated carbocycles. The summed E-state index contributed by atoms with van der Waals surface area (Å²) in [4.78, 5) is 30.1. The summed E-state index contributed by atoms with van der Waals surface area (Å²) in [7, 11) is 0. The third kappa shape index (κ3) is 4.28. The number of hydrogen-bond acceptors (Lipinski definition) is 6. The maximum atomic E-state index is 12.7. The predicted octanol–water partition coefficient (Wildman–Crippen LogP) is 2.32. The molecule has 1 saturated heterocycles. The highest BCUT2D eigenvalue weighted by molar-refractivity contribution is 8.00. The first-order valence-corrected chi connectivity index (χ1v) is 9.34. The molecule has 0 spiro atoms. The van der Waals surface area contributed by atoms with E-state index in [4.69, 9.17) is 0 Å². The Bertz CT molecular complexity index is 732. The van der Waals surface area contributed by atoms with E-state index in [1.165, 1.54) is 11.8 Å². The molecule has 0 aliphatic carbocycles. The van der Waals surface area contributed by atoms with Crippen LogP contribution >= 0.6 is 11.8 Å². The minimum Gasteiger partial charge on any atom is -0.352 e. The molecule has 3 rings (SSSR count). The van der Waals surface area contributed by atoms with Gasteiger partial charge in [0, 0.05) is 38.6 Å². The summed E-state index contributed by atoms with van der Waals surface area (Å²) in [5, 5.41) is 0.745. The molecule has 2 aromatic heterocycles. The number of aryl methyl sites for hydroxylation is 2. The van der Waals surface area contributed by atoms with Gasteiger partial charge in [0.15, 0.2) is 0 Å². The molecule has 1 amide bonds. The number of amides is 1.